The molecule has 3 N–H and O–H groups in total. The van der Waals surface area contributed by atoms with Gasteiger partial charge >= 0.3 is 6.09 Å². The molecular weight excluding hydrogens is 903 g/mol. The first kappa shape index (κ1) is 50.3. The molecule has 7 rings (SSSR count). The lowest BCUT2D eigenvalue weighted by Gasteiger charge is -2.47. The normalized spacial score (nSPS) is 26.9. The van der Waals surface area contributed by atoms with Crippen molar-refractivity contribution in [2.24, 2.45) is 17.8 Å². The molecule has 1 saturated heterocycles. The molecule has 1 aromatic carbocycles. The summed E-state index contributed by atoms with van der Waals surface area (Å²) in [7, 11) is -2.60. The number of carbonyl (C=O) groups is 4. The first-order valence-electron chi connectivity index (χ1n) is 23.4. The fourth-order valence-corrected chi connectivity index (χ4v) is 10.7. The van der Waals surface area contributed by atoms with Gasteiger partial charge in [-0.1, -0.05) is 32.4 Å². The molecular formula is C49H64F2N6O10S. The number of hydrogen-bond donors (Lipinski definition) is 3. The largest absolute Gasteiger partial charge is 0.497 e. The number of carboxylic acid groups (broad SMARTS) is 1. The fraction of sp³-hybridized carbons (Fsp3) is 0.592. The van der Waals surface area contributed by atoms with E-state index in [4.69, 9.17) is 19.2 Å². The number of hydrogen-bond acceptors (Lipinski definition) is 11. The lowest BCUT2D eigenvalue weighted by molar-refractivity contribution is -0.157. The Balaban J connectivity index is 1.33. The van der Waals surface area contributed by atoms with Crippen LogP contribution in [0.15, 0.2) is 54.7 Å². The number of ether oxygens (including phenoxy) is 3. The maximum Gasteiger partial charge on any atom is 0.408 e. The van der Waals surface area contributed by atoms with Crippen LogP contribution in [0.1, 0.15) is 107 Å². The van der Waals surface area contributed by atoms with E-state index in [2.05, 4.69) is 15.0 Å². The van der Waals surface area contributed by atoms with Gasteiger partial charge in [0.05, 0.1) is 42.1 Å². The zero-order chi connectivity index (χ0) is 49.7. The topological polar surface area (TPSA) is 207 Å². The molecule has 4 aliphatic rings. The number of pyridine rings is 2. The van der Waals surface area contributed by atoms with Crippen LogP contribution in [-0.2, 0) is 24.4 Å². The molecule has 0 spiro atoms. The van der Waals surface area contributed by atoms with Gasteiger partial charge in [0.2, 0.25) is 27.7 Å². The molecule has 19 heteroatoms. The first-order valence-corrected chi connectivity index (χ1v) is 24.9. The molecule has 7 atom stereocenters. The third kappa shape index (κ3) is 9.95. The highest BCUT2D eigenvalue weighted by Gasteiger charge is 2.63. The smallest absolute Gasteiger partial charge is 0.408 e. The van der Waals surface area contributed by atoms with Crippen molar-refractivity contribution in [3.63, 3.8) is 0 Å². The van der Waals surface area contributed by atoms with Gasteiger partial charge in [-0.15, -0.1) is 0 Å². The van der Waals surface area contributed by atoms with E-state index in [9.17, 15) is 27.9 Å². The Morgan fingerprint density at radius 3 is 2.38 bits per heavy atom. The van der Waals surface area contributed by atoms with Crippen molar-refractivity contribution >= 4 is 44.6 Å². The van der Waals surface area contributed by atoms with Crippen molar-refractivity contribution in [2.45, 2.75) is 153 Å². The van der Waals surface area contributed by atoms with E-state index >= 15 is 13.6 Å². The average molecular weight is 967 g/mol. The van der Waals surface area contributed by atoms with Gasteiger partial charge in [0.25, 0.3) is 11.8 Å². The quantitative estimate of drug-likeness (QED) is 0.142. The van der Waals surface area contributed by atoms with Gasteiger partial charge in [-0.3, -0.25) is 29.0 Å². The lowest BCUT2D eigenvalue weighted by Crippen LogP contribution is -2.67. The van der Waals surface area contributed by atoms with Gasteiger partial charge in [0.15, 0.2) is 0 Å². The summed E-state index contributed by atoms with van der Waals surface area (Å²) in [4.78, 5) is 69.3. The van der Waals surface area contributed by atoms with Crippen molar-refractivity contribution in [1.29, 1.82) is 0 Å². The molecule has 4 amide bonds. The van der Waals surface area contributed by atoms with E-state index in [0.29, 0.717) is 71.2 Å². The number of carbonyl (C=O) groups excluding carboxylic acids is 3. The van der Waals surface area contributed by atoms with Crippen LogP contribution in [-0.4, -0.2) is 117 Å². The Hall–Kier alpha value is -5.59. The highest BCUT2D eigenvalue weighted by Crippen LogP contribution is 2.48. The van der Waals surface area contributed by atoms with Crippen LogP contribution in [0.4, 0.5) is 13.6 Å². The van der Waals surface area contributed by atoms with E-state index in [1.165, 1.54) is 18.9 Å². The number of nitrogens with zero attached hydrogens (tertiary/aromatic N) is 4. The van der Waals surface area contributed by atoms with Crippen molar-refractivity contribution in [2.75, 3.05) is 13.7 Å². The Labute approximate surface area is 396 Å². The molecule has 4 heterocycles. The summed E-state index contributed by atoms with van der Waals surface area (Å²) >= 11 is 0. The maximum absolute atomic E-state index is 15.7. The summed E-state index contributed by atoms with van der Waals surface area (Å²) in [6.45, 7) is 11.5. The van der Waals surface area contributed by atoms with Crippen LogP contribution in [0.3, 0.4) is 0 Å². The molecule has 3 aromatic rings. The SMILES string of the molecule is CC[C@@H]1C[C@@H](C)CC/C=C\[C@@H]2C[C@@]2(C(=O)NS(=O)(=O)C2(C)CC2)NC(=O)[C@@H]2C[C@@H](Oc3nc(-c4ccc(OC(C)C)cn4)cc4cc(OC)ccc34)CN2C(=O)[C@H]1N(C(=O)O)C(C)(C)C(C)(F)F. The molecule has 2 saturated carbocycles. The second-order valence-electron chi connectivity index (χ2n) is 20.1. The van der Waals surface area contributed by atoms with E-state index < -0.39 is 85.6 Å². The van der Waals surface area contributed by atoms with E-state index in [-0.39, 0.29) is 50.1 Å². The summed E-state index contributed by atoms with van der Waals surface area (Å²) in [5.74, 6) is -6.52. The first-order chi connectivity index (χ1) is 31.8. The zero-order valence-electron chi connectivity index (χ0n) is 40.2. The number of rotatable bonds is 13. The molecule has 0 bridgehead atoms. The highest BCUT2D eigenvalue weighted by molar-refractivity contribution is 7.91. The number of methoxy groups -OCH3 is 1. The third-order valence-electron chi connectivity index (χ3n) is 14.4. The number of sulfonamides is 1. The summed E-state index contributed by atoms with van der Waals surface area (Å²) in [5.41, 5.74) is -3.22. The van der Waals surface area contributed by atoms with E-state index in [1.54, 1.807) is 49.5 Å². The molecule has 0 radical (unpaired) electrons. The minimum Gasteiger partial charge on any atom is -0.497 e. The Bertz CT molecular complexity index is 2570. The van der Waals surface area contributed by atoms with Crippen LogP contribution in [0, 0.1) is 17.8 Å². The fourth-order valence-electron chi connectivity index (χ4n) is 9.43. The monoisotopic (exact) mass is 966 g/mol. The maximum atomic E-state index is 15.7. The Morgan fingerprint density at radius 2 is 1.78 bits per heavy atom. The van der Waals surface area contributed by atoms with Gasteiger partial charge in [0, 0.05) is 24.6 Å². The van der Waals surface area contributed by atoms with Gasteiger partial charge in [-0.2, -0.15) is 0 Å². The minimum atomic E-state index is -4.13. The van der Waals surface area contributed by atoms with Crippen molar-refractivity contribution in [3.8, 4) is 28.8 Å². The van der Waals surface area contributed by atoms with Crippen LogP contribution in [0.25, 0.3) is 22.2 Å². The minimum absolute atomic E-state index is 0.0708. The second kappa shape index (κ2) is 18.7. The standard InChI is InChI=1S/C49H64F2N6O10S/c1-10-30-21-29(4)13-11-12-14-32-25-49(32,44(60)55-68(63,64)47(7)19-20-47)54-41(58)39-24-35(27-56(39)43(59)40(30)57(45(61)62)46(5,6)48(8,50)51)67-42-36-17-15-33(65-9)22-31(36)23-38(53-42)37-18-16-34(26-52-37)66-28(2)3/h12,14-18,22-23,26,28-30,32,35,39-40H,10-11,13,19-21,24-25,27H2,1-9H3,(H,54,58)(H,55,60)(H,61,62)/b14-12-/t29-,30+,32+,35+,39-,40-,49+/m0/s1. The van der Waals surface area contributed by atoms with Gasteiger partial charge in [-0.25, -0.2) is 27.0 Å². The lowest BCUT2D eigenvalue weighted by atomic mass is 9.81. The number of halogens is 2. The van der Waals surface area contributed by atoms with Gasteiger partial charge in [0.1, 0.15) is 40.8 Å². The molecule has 2 aliphatic heterocycles. The number of aromatic nitrogens is 2. The predicted octanol–water partition coefficient (Wildman–Crippen LogP) is 7.50. The average Bonchev–Trinajstić information content (AvgIpc) is 4.15. The third-order valence-corrected chi connectivity index (χ3v) is 16.5. The molecule has 0 unspecified atom stereocenters. The number of fused-ring (bicyclic) bond motifs is 3. The van der Waals surface area contributed by atoms with Crippen LogP contribution in [0.5, 0.6) is 17.4 Å². The molecule has 68 heavy (non-hydrogen) atoms. The number of amides is 4. The number of nitrogens with one attached hydrogen (secondary N) is 2. The summed E-state index contributed by atoms with van der Waals surface area (Å²) < 4.78 is 77.2. The van der Waals surface area contributed by atoms with Gasteiger partial charge in [-0.05, 0) is 127 Å². The van der Waals surface area contributed by atoms with Crippen molar-refractivity contribution in [3.05, 3.63) is 54.7 Å². The zero-order valence-corrected chi connectivity index (χ0v) is 41.0. The Kier molecular flexibility index (Phi) is 13.8. The van der Waals surface area contributed by atoms with Gasteiger partial charge < -0.3 is 29.5 Å². The molecule has 16 nitrogen and oxygen atoms in total. The predicted molar refractivity (Wildman–Crippen MR) is 250 cm³/mol. The number of allylic oxidation sites excluding steroid dienone is 1. The van der Waals surface area contributed by atoms with Crippen molar-refractivity contribution in [1.82, 2.24) is 29.8 Å². The molecule has 2 aliphatic carbocycles. The summed E-state index contributed by atoms with van der Waals surface area (Å²) in [6, 6.07) is 7.45. The highest BCUT2D eigenvalue weighted by atomic mass is 32.2. The molecule has 2 aromatic heterocycles. The van der Waals surface area contributed by atoms with Crippen LogP contribution < -0.4 is 24.2 Å². The van der Waals surface area contributed by atoms with Crippen LogP contribution in [0.2, 0.25) is 0 Å². The van der Waals surface area contributed by atoms with E-state index in [0.717, 1.165) is 13.8 Å². The van der Waals surface area contributed by atoms with E-state index in [1.807, 2.05) is 32.9 Å². The summed E-state index contributed by atoms with van der Waals surface area (Å²) in [5, 5.41) is 14.9. The summed E-state index contributed by atoms with van der Waals surface area (Å²) in [6.07, 6.45) is 4.61. The number of alkyl halides is 2. The second-order valence-corrected chi connectivity index (χ2v) is 22.3. The van der Waals surface area contributed by atoms with Crippen LogP contribution >= 0.6 is 0 Å². The number of benzene rings is 1. The Morgan fingerprint density at radius 1 is 1.07 bits per heavy atom. The van der Waals surface area contributed by atoms with Crippen molar-refractivity contribution < 1.29 is 55.7 Å². The molecule has 3 fully saturated rings. The molecule has 370 valence electrons.